The van der Waals surface area contributed by atoms with Crippen LogP contribution < -0.4 is 0 Å². The van der Waals surface area contributed by atoms with Gasteiger partial charge in [0.2, 0.25) is 0 Å². The Hall–Kier alpha value is -0.530. The zero-order chi connectivity index (χ0) is 11.3. The van der Waals surface area contributed by atoms with Crippen molar-refractivity contribution in [3.05, 3.63) is 0 Å². The summed E-state index contributed by atoms with van der Waals surface area (Å²) in [4.78, 5) is 11.7. The van der Waals surface area contributed by atoms with Crippen LogP contribution in [-0.4, -0.2) is 11.1 Å². The first-order chi connectivity index (χ1) is 7.62. The summed E-state index contributed by atoms with van der Waals surface area (Å²) in [5, 5.41) is 9.64. The summed E-state index contributed by atoms with van der Waals surface area (Å²) in [6.07, 6.45) is 8.17. The number of aliphatic carboxylic acids is 1. The minimum absolute atomic E-state index is 0.317. The van der Waals surface area contributed by atoms with Gasteiger partial charge in [-0.05, 0) is 55.8 Å². The van der Waals surface area contributed by atoms with Gasteiger partial charge < -0.3 is 5.11 Å². The average molecular weight is 222 g/mol. The number of rotatable bonds is 2. The molecule has 0 saturated heterocycles. The quantitative estimate of drug-likeness (QED) is 0.778. The van der Waals surface area contributed by atoms with Crippen molar-refractivity contribution >= 4 is 5.97 Å². The van der Waals surface area contributed by atoms with Gasteiger partial charge in [0.25, 0.3) is 0 Å². The van der Waals surface area contributed by atoms with Crippen molar-refractivity contribution in [3.8, 4) is 0 Å². The van der Waals surface area contributed by atoms with Crippen LogP contribution in [0.5, 0.6) is 0 Å². The predicted octanol–water partition coefficient (Wildman–Crippen LogP) is 3.31. The zero-order valence-electron chi connectivity index (χ0n) is 10.1. The first-order valence-corrected chi connectivity index (χ1v) is 6.85. The van der Waals surface area contributed by atoms with E-state index in [2.05, 4.69) is 6.92 Å². The lowest BCUT2D eigenvalue weighted by atomic mass is 9.64. The highest BCUT2D eigenvalue weighted by Crippen LogP contribution is 2.64. The van der Waals surface area contributed by atoms with Gasteiger partial charge >= 0.3 is 5.97 Å². The molecule has 0 spiro atoms. The molecule has 3 aliphatic carbocycles. The van der Waals surface area contributed by atoms with Gasteiger partial charge in [-0.3, -0.25) is 4.79 Å². The molecule has 0 amide bonds. The molecule has 0 heterocycles. The van der Waals surface area contributed by atoms with Gasteiger partial charge in [-0.2, -0.15) is 0 Å². The Morgan fingerprint density at radius 2 is 1.88 bits per heavy atom. The molecule has 3 fully saturated rings. The predicted molar refractivity (Wildman–Crippen MR) is 62.0 cm³/mol. The first-order valence-electron chi connectivity index (χ1n) is 6.85. The maximum absolute atomic E-state index is 11.7. The molecule has 2 nitrogen and oxygen atoms in total. The standard InChI is InChI=1S/C14H22O2/c1-9-3-2-4-12(5-9)14(13(15)16)7-10-6-11(10)8-14/h9-12H,2-8H2,1H3,(H,15,16). The van der Waals surface area contributed by atoms with E-state index in [0.717, 1.165) is 43.4 Å². The molecule has 0 radical (unpaired) electrons. The zero-order valence-corrected chi connectivity index (χ0v) is 10.1. The molecule has 3 saturated carbocycles. The van der Waals surface area contributed by atoms with Crippen molar-refractivity contribution in [2.75, 3.05) is 0 Å². The highest BCUT2D eigenvalue weighted by Gasteiger charge is 2.60. The van der Waals surface area contributed by atoms with Crippen LogP contribution in [0.4, 0.5) is 0 Å². The number of hydrogen-bond acceptors (Lipinski definition) is 1. The lowest BCUT2D eigenvalue weighted by Gasteiger charge is -2.39. The van der Waals surface area contributed by atoms with Crippen LogP contribution in [-0.2, 0) is 4.79 Å². The maximum atomic E-state index is 11.7. The van der Waals surface area contributed by atoms with E-state index in [9.17, 15) is 9.90 Å². The molecule has 1 N–H and O–H groups in total. The van der Waals surface area contributed by atoms with E-state index in [1.807, 2.05) is 0 Å². The van der Waals surface area contributed by atoms with Gasteiger partial charge in [0.15, 0.2) is 0 Å². The average Bonchev–Trinajstić information content (AvgIpc) is 2.86. The molecule has 90 valence electrons. The molecule has 0 aromatic heterocycles. The third-order valence-electron chi connectivity index (χ3n) is 5.47. The van der Waals surface area contributed by atoms with E-state index in [-0.39, 0.29) is 5.41 Å². The molecule has 0 bridgehead atoms. The fourth-order valence-electron chi connectivity index (χ4n) is 4.45. The summed E-state index contributed by atoms with van der Waals surface area (Å²) in [6.45, 7) is 2.29. The van der Waals surface area contributed by atoms with Gasteiger partial charge in [0.1, 0.15) is 0 Å². The second-order valence-electron chi connectivity index (χ2n) is 6.59. The van der Waals surface area contributed by atoms with Crippen LogP contribution >= 0.6 is 0 Å². The summed E-state index contributed by atoms with van der Waals surface area (Å²) >= 11 is 0. The SMILES string of the molecule is CC1CCCC(C2(C(=O)O)CC3CC3C2)C1. The molecule has 16 heavy (non-hydrogen) atoms. The molecular weight excluding hydrogens is 200 g/mol. The van der Waals surface area contributed by atoms with Crippen molar-refractivity contribution in [2.24, 2.45) is 29.1 Å². The van der Waals surface area contributed by atoms with Crippen LogP contribution in [0.2, 0.25) is 0 Å². The molecule has 0 aromatic carbocycles. The Bertz CT molecular complexity index is 300. The smallest absolute Gasteiger partial charge is 0.309 e. The number of carboxylic acid groups (broad SMARTS) is 1. The normalized spacial score (nSPS) is 51.1. The van der Waals surface area contributed by atoms with E-state index in [1.165, 1.54) is 19.3 Å². The third kappa shape index (κ3) is 1.49. The Labute approximate surface area is 97.4 Å². The third-order valence-corrected chi connectivity index (χ3v) is 5.47. The second kappa shape index (κ2) is 3.48. The molecule has 4 unspecified atom stereocenters. The summed E-state index contributed by atoms with van der Waals surface area (Å²) in [5.41, 5.74) is -0.317. The number of hydrogen-bond donors (Lipinski definition) is 1. The van der Waals surface area contributed by atoms with Gasteiger partial charge in [0, 0.05) is 0 Å². The Balaban J connectivity index is 1.80. The fraction of sp³-hybridized carbons (Fsp3) is 0.929. The van der Waals surface area contributed by atoms with Crippen molar-refractivity contribution < 1.29 is 9.90 Å². The summed E-state index contributed by atoms with van der Waals surface area (Å²) < 4.78 is 0. The second-order valence-corrected chi connectivity index (χ2v) is 6.59. The fourth-order valence-corrected chi connectivity index (χ4v) is 4.45. The summed E-state index contributed by atoms with van der Waals surface area (Å²) in [7, 11) is 0. The highest BCUT2D eigenvalue weighted by molar-refractivity contribution is 5.76. The molecular formula is C14H22O2. The van der Waals surface area contributed by atoms with Gasteiger partial charge in [0.05, 0.1) is 5.41 Å². The molecule has 3 aliphatic rings. The number of fused-ring (bicyclic) bond motifs is 1. The molecule has 0 aromatic rings. The van der Waals surface area contributed by atoms with Crippen molar-refractivity contribution in [1.82, 2.24) is 0 Å². The molecule has 3 rings (SSSR count). The molecule has 4 atom stereocenters. The lowest BCUT2D eigenvalue weighted by molar-refractivity contribution is -0.154. The lowest BCUT2D eigenvalue weighted by Crippen LogP contribution is -2.39. The Morgan fingerprint density at radius 3 is 2.44 bits per heavy atom. The number of carboxylic acids is 1. The first kappa shape index (κ1) is 10.6. The highest BCUT2D eigenvalue weighted by atomic mass is 16.4. The summed E-state index contributed by atoms with van der Waals surface area (Å²) in [6, 6.07) is 0. The number of carbonyl (C=O) groups is 1. The van der Waals surface area contributed by atoms with Gasteiger partial charge in [-0.15, -0.1) is 0 Å². The van der Waals surface area contributed by atoms with E-state index in [1.54, 1.807) is 0 Å². The van der Waals surface area contributed by atoms with Crippen LogP contribution in [0.15, 0.2) is 0 Å². The summed E-state index contributed by atoms with van der Waals surface area (Å²) in [5.74, 6) is 2.27. The topological polar surface area (TPSA) is 37.3 Å². The molecule has 2 heteroatoms. The van der Waals surface area contributed by atoms with E-state index < -0.39 is 5.97 Å². The molecule has 0 aliphatic heterocycles. The van der Waals surface area contributed by atoms with Crippen LogP contribution in [0.3, 0.4) is 0 Å². The minimum atomic E-state index is -0.487. The Kier molecular flexibility index (Phi) is 2.31. The van der Waals surface area contributed by atoms with E-state index in [0.29, 0.717) is 5.92 Å². The van der Waals surface area contributed by atoms with Gasteiger partial charge in [-0.1, -0.05) is 19.8 Å². The van der Waals surface area contributed by atoms with Gasteiger partial charge in [-0.25, -0.2) is 0 Å². The van der Waals surface area contributed by atoms with Crippen molar-refractivity contribution in [1.29, 1.82) is 0 Å². The van der Waals surface area contributed by atoms with E-state index >= 15 is 0 Å². The van der Waals surface area contributed by atoms with Crippen molar-refractivity contribution in [2.45, 2.75) is 51.9 Å². The largest absolute Gasteiger partial charge is 0.481 e. The Morgan fingerprint density at radius 1 is 1.19 bits per heavy atom. The monoisotopic (exact) mass is 222 g/mol. The van der Waals surface area contributed by atoms with Crippen LogP contribution in [0.25, 0.3) is 0 Å². The maximum Gasteiger partial charge on any atom is 0.309 e. The minimum Gasteiger partial charge on any atom is -0.481 e. The van der Waals surface area contributed by atoms with Crippen LogP contribution in [0, 0.1) is 29.1 Å². The van der Waals surface area contributed by atoms with Crippen molar-refractivity contribution in [3.63, 3.8) is 0 Å². The van der Waals surface area contributed by atoms with E-state index in [4.69, 9.17) is 0 Å². The van der Waals surface area contributed by atoms with Crippen LogP contribution in [0.1, 0.15) is 51.9 Å².